The summed E-state index contributed by atoms with van der Waals surface area (Å²) in [7, 11) is 0. The fraction of sp³-hybridized carbons (Fsp3) is 0.0556. The van der Waals surface area contributed by atoms with Crippen molar-refractivity contribution in [2.75, 3.05) is 0 Å². The average Bonchev–Trinajstić information content (AvgIpc) is 2.59. The molecular weight excluding hydrogens is 358 g/mol. The van der Waals surface area contributed by atoms with Gasteiger partial charge < -0.3 is 0 Å². The van der Waals surface area contributed by atoms with Crippen LogP contribution in [0.15, 0.2) is 53.0 Å². The van der Waals surface area contributed by atoms with E-state index in [1.165, 1.54) is 18.2 Å². The van der Waals surface area contributed by atoms with E-state index >= 15 is 0 Å². The fourth-order valence-electron chi connectivity index (χ4n) is 3.23. The van der Waals surface area contributed by atoms with Crippen LogP contribution in [0.2, 0.25) is 5.02 Å². The zero-order chi connectivity index (χ0) is 18.4. The number of hydrogen-bond acceptors (Lipinski definition) is 4. The highest BCUT2D eigenvalue weighted by molar-refractivity contribution is 6.35. The maximum atomic E-state index is 12.3. The number of nitro groups is 1. The second-order valence-electron chi connectivity index (χ2n) is 5.87. The summed E-state index contributed by atoms with van der Waals surface area (Å²) in [5, 5.41) is 13.7. The van der Waals surface area contributed by atoms with Crippen LogP contribution in [0, 0.1) is 10.1 Å². The normalized spacial score (nSPS) is 18.3. The van der Waals surface area contributed by atoms with E-state index in [1.807, 2.05) is 6.07 Å². The summed E-state index contributed by atoms with van der Waals surface area (Å²) in [5.41, 5.74) is 2.41. The zero-order valence-corrected chi connectivity index (χ0v) is 13.9. The molecule has 4 rings (SSSR count). The van der Waals surface area contributed by atoms with Crippen LogP contribution in [0.25, 0.3) is 6.08 Å². The van der Waals surface area contributed by atoms with Crippen molar-refractivity contribution < 1.29 is 14.5 Å². The third-order valence-corrected chi connectivity index (χ3v) is 4.55. The largest absolute Gasteiger partial charge is 0.348 e. The van der Waals surface area contributed by atoms with E-state index in [-0.39, 0.29) is 11.3 Å². The van der Waals surface area contributed by atoms with E-state index in [2.05, 4.69) is 10.3 Å². The fourth-order valence-corrected chi connectivity index (χ4v) is 3.43. The van der Waals surface area contributed by atoms with E-state index in [9.17, 15) is 19.7 Å². The van der Waals surface area contributed by atoms with Gasteiger partial charge in [0.05, 0.1) is 22.1 Å². The summed E-state index contributed by atoms with van der Waals surface area (Å²) < 4.78 is 0. The van der Waals surface area contributed by atoms with Gasteiger partial charge in [0.15, 0.2) is 0 Å². The monoisotopic (exact) mass is 367 g/mol. The van der Waals surface area contributed by atoms with Crippen molar-refractivity contribution in [3.63, 3.8) is 0 Å². The Bertz CT molecular complexity index is 1060. The Balaban J connectivity index is 2.00. The first kappa shape index (κ1) is 16.2. The molecule has 3 amide bonds. The lowest BCUT2D eigenvalue weighted by Crippen LogP contribution is -2.40. The minimum Gasteiger partial charge on any atom is -0.272 e. The second kappa shape index (κ2) is 5.89. The molecule has 0 aromatic heterocycles. The van der Waals surface area contributed by atoms with Gasteiger partial charge in [-0.25, -0.2) is 4.79 Å². The van der Waals surface area contributed by atoms with Crippen LogP contribution >= 0.6 is 11.6 Å². The molecule has 0 fully saturated rings. The molecule has 8 heteroatoms. The van der Waals surface area contributed by atoms with Crippen LogP contribution in [0.5, 0.6) is 0 Å². The molecule has 1 aliphatic carbocycles. The predicted octanol–water partition coefficient (Wildman–Crippen LogP) is 3.47. The van der Waals surface area contributed by atoms with Crippen molar-refractivity contribution in [1.29, 1.82) is 0 Å². The summed E-state index contributed by atoms with van der Waals surface area (Å²) in [5.74, 6) is -1.11. The molecule has 0 bridgehead atoms. The Labute approximate surface area is 152 Å². The number of hydrogen-bond donors (Lipinski definition) is 1. The first-order valence-corrected chi connectivity index (χ1v) is 8.01. The molecule has 0 saturated carbocycles. The quantitative estimate of drug-likeness (QED) is 0.648. The first-order chi connectivity index (χ1) is 12.4. The van der Waals surface area contributed by atoms with Crippen LogP contribution in [0.3, 0.4) is 0 Å². The SMILES string of the molecule is O=C1N=C2C(=Cc3cc([N+](=O)[O-])ccc3C2c2cccc(Cl)c2)C(=O)N1. The molecule has 1 N–H and O–H groups in total. The molecule has 2 aliphatic rings. The number of aliphatic imine (C=N–C) groups is 1. The van der Waals surface area contributed by atoms with Gasteiger partial charge in [0.2, 0.25) is 0 Å². The molecule has 2 aromatic carbocycles. The summed E-state index contributed by atoms with van der Waals surface area (Å²) in [6, 6.07) is 10.7. The van der Waals surface area contributed by atoms with Crippen molar-refractivity contribution >= 4 is 41.0 Å². The number of imide groups is 1. The molecule has 26 heavy (non-hydrogen) atoms. The van der Waals surface area contributed by atoms with Gasteiger partial charge in [0.1, 0.15) is 0 Å². The van der Waals surface area contributed by atoms with E-state index in [1.54, 1.807) is 24.3 Å². The molecule has 0 radical (unpaired) electrons. The van der Waals surface area contributed by atoms with Crippen molar-refractivity contribution in [2.24, 2.45) is 4.99 Å². The van der Waals surface area contributed by atoms with Crippen molar-refractivity contribution in [2.45, 2.75) is 5.92 Å². The maximum absolute atomic E-state index is 12.3. The summed E-state index contributed by atoms with van der Waals surface area (Å²) in [6.07, 6.45) is 1.52. The zero-order valence-electron chi connectivity index (χ0n) is 13.1. The lowest BCUT2D eigenvalue weighted by Gasteiger charge is -2.29. The van der Waals surface area contributed by atoms with Crippen molar-refractivity contribution in [3.8, 4) is 0 Å². The number of benzene rings is 2. The minimum atomic E-state index is -0.737. The van der Waals surface area contributed by atoms with E-state index in [4.69, 9.17) is 11.6 Å². The third kappa shape index (κ3) is 2.58. The predicted molar refractivity (Wildman–Crippen MR) is 95.3 cm³/mol. The van der Waals surface area contributed by atoms with Gasteiger partial charge in [0.25, 0.3) is 11.6 Å². The van der Waals surface area contributed by atoms with E-state index < -0.39 is 22.8 Å². The number of non-ortho nitro benzene ring substituents is 1. The lowest BCUT2D eigenvalue weighted by atomic mass is 9.76. The van der Waals surface area contributed by atoms with Crippen molar-refractivity contribution in [1.82, 2.24) is 5.32 Å². The Morgan fingerprint density at radius 2 is 1.96 bits per heavy atom. The molecule has 1 unspecified atom stereocenters. The van der Waals surface area contributed by atoms with Gasteiger partial charge in [-0.2, -0.15) is 4.99 Å². The van der Waals surface area contributed by atoms with Crippen molar-refractivity contribution in [3.05, 3.63) is 79.9 Å². The Morgan fingerprint density at radius 1 is 1.15 bits per heavy atom. The number of carbonyl (C=O) groups is 2. The van der Waals surface area contributed by atoms with Crippen LogP contribution in [0.1, 0.15) is 22.6 Å². The van der Waals surface area contributed by atoms with Gasteiger partial charge >= 0.3 is 6.03 Å². The number of nitrogens with one attached hydrogen (secondary N) is 1. The number of nitrogens with zero attached hydrogens (tertiary/aromatic N) is 2. The Kier molecular flexibility index (Phi) is 3.66. The molecule has 7 nitrogen and oxygen atoms in total. The molecule has 2 aromatic rings. The number of carbonyl (C=O) groups excluding carboxylic acids is 2. The first-order valence-electron chi connectivity index (χ1n) is 7.64. The average molecular weight is 368 g/mol. The number of rotatable bonds is 2. The third-order valence-electron chi connectivity index (χ3n) is 4.31. The molecule has 1 heterocycles. The standard InChI is InChI=1S/C18H10ClN3O4/c19-11-3-1-2-9(6-11)15-13-5-4-12(22(25)26)7-10(13)8-14-16(15)20-18(24)21-17(14)23/h1-8,15H,(H,21,23,24). The second-order valence-corrected chi connectivity index (χ2v) is 6.31. The van der Waals surface area contributed by atoms with Crippen LogP contribution in [-0.4, -0.2) is 22.6 Å². The molecule has 1 atom stereocenters. The van der Waals surface area contributed by atoms with Gasteiger partial charge in [-0.3, -0.25) is 20.2 Å². The van der Waals surface area contributed by atoms with E-state index in [0.717, 1.165) is 5.56 Å². The molecule has 1 aliphatic heterocycles. The Morgan fingerprint density at radius 3 is 2.69 bits per heavy atom. The molecule has 0 spiro atoms. The molecule has 0 saturated heterocycles. The summed E-state index contributed by atoms with van der Waals surface area (Å²) >= 11 is 6.10. The Hall–Kier alpha value is -3.32. The van der Waals surface area contributed by atoms with E-state index in [0.29, 0.717) is 21.9 Å². The highest BCUT2D eigenvalue weighted by Gasteiger charge is 2.36. The van der Waals surface area contributed by atoms with Gasteiger partial charge in [0, 0.05) is 17.2 Å². The van der Waals surface area contributed by atoms with Crippen LogP contribution in [0.4, 0.5) is 10.5 Å². The van der Waals surface area contributed by atoms with Crippen LogP contribution < -0.4 is 5.32 Å². The highest BCUT2D eigenvalue weighted by Crippen LogP contribution is 2.39. The topological polar surface area (TPSA) is 102 Å². The number of nitro benzene ring substituents is 1. The molecular formula is C18H10ClN3O4. The maximum Gasteiger partial charge on any atom is 0.348 e. The highest BCUT2D eigenvalue weighted by atomic mass is 35.5. The van der Waals surface area contributed by atoms with Gasteiger partial charge in [-0.1, -0.05) is 29.8 Å². The van der Waals surface area contributed by atoms with Gasteiger partial charge in [-0.15, -0.1) is 0 Å². The number of fused-ring (bicyclic) bond motifs is 2. The summed E-state index contributed by atoms with van der Waals surface area (Å²) in [4.78, 5) is 38.6. The smallest absolute Gasteiger partial charge is 0.272 e. The van der Waals surface area contributed by atoms with Crippen LogP contribution in [-0.2, 0) is 4.79 Å². The number of amides is 3. The summed E-state index contributed by atoms with van der Waals surface area (Å²) in [6.45, 7) is 0. The van der Waals surface area contributed by atoms with Gasteiger partial charge in [-0.05, 0) is 34.9 Å². The number of halogens is 1. The lowest BCUT2D eigenvalue weighted by molar-refractivity contribution is -0.384. The number of urea groups is 1. The molecule has 128 valence electrons. The minimum absolute atomic E-state index is 0.0851.